The maximum Gasteiger partial charge on any atom is 0.129 e. The molecule has 1 aliphatic carbocycles. The molecular weight excluding hydrogens is 234 g/mol. The van der Waals surface area contributed by atoms with Gasteiger partial charge in [0.25, 0.3) is 0 Å². The predicted molar refractivity (Wildman–Crippen MR) is 64.2 cm³/mol. The van der Waals surface area contributed by atoms with Crippen molar-refractivity contribution < 1.29 is 13.9 Å². The van der Waals surface area contributed by atoms with Gasteiger partial charge in [-0.25, -0.2) is 8.78 Å². The Morgan fingerprint density at radius 1 is 1.00 bits per heavy atom. The molecule has 0 fully saturated rings. The average molecular weight is 246 g/mol. The number of halogens is 2. The van der Waals surface area contributed by atoms with Crippen LogP contribution in [0.5, 0.6) is 0 Å². The Morgan fingerprint density at radius 3 is 2.44 bits per heavy atom. The quantitative estimate of drug-likeness (QED) is 0.816. The standard InChI is InChI=1S/C15H12F2O/c16-10-6-4-9(5-7-10)12-8-14(18)15-11(12)2-1-3-13(15)17/h1-7,12,14,18H,8H2/t12-,14-/m1/s1. The van der Waals surface area contributed by atoms with Gasteiger partial charge in [0.1, 0.15) is 11.6 Å². The lowest BCUT2D eigenvalue weighted by atomic mass is 9.93. The Balaban J connectivity index is 2.08. The van der Waals surface area contributed by atoms with Crippen molar-refractivity contribution in [3.05, 3.63) is 70.8 Å². The van der Waals surface area contributed by atoms with E-state index in [-0.39, 0.29) is 17.6 Å². The van der Waals surface area contributed by atoms with Crippen LogP contribution in [0.1, 0.15) is 35.1 Å². The fourth-order valence-corrected chi connectivity index (χ4v) is 2.69. The van der Waals surface area contributed by atoms with Gasteiger partial charge in [0, 0.05) is 11.5 Å². The molecule has 2 aromatic rings. The molecule has 0 unspecified atom stereocenters. The van der Waals surface area contributed by atoms with Crippen molar-refractivity contribution in [2.45, 2.75) is 18.4 Å². The van der Waals surface area contributed by atoms with Crippen molar-refractivity contribution in [1.82, 2.24) is 0 Å². The summed E-state index contributed by atoms with van der Waals surface area (Å²) in [5.41, 5.74) is 2.08. The lowest BCUT2D eigenvalue weighted by molar-refractivity contribution is 0.172. The van der Waals surface area contributed by atoms with Gasteiger partial charge in [-0.15, -0.1) is 0 Å². The molecule has 92 valence electrons. The summed E-state index contributed by atoms with van der Waals surface area (Å²) in [6.45, 7) is 0. The number of rotatable bonds is 1. The van der Waals surface area contributed by atoms with E-state index < -0.39 is 6.10 Å². The molecule has 1 nitrogen and oxygen atoms in total. The molecule has 0 aliphatic heterocycles. The molecule has 2 atom stereocenters. The second-order valence-electron chi connectivity index (χ2n) is 4.60. The Morgan fingerprint density at radius 2 is 1.72 bits per heavy atom. The van der Waals surface area contributed by atoms with Gasteiger partial charge in [-0.05, 0) is 35.7 Å². The largest absolute Gasteiger partial charge is 0.388 e. The van der Waals surface area contributed by atoms with E-state index in [1.807, 2.05) is 6.07 Å². The number of hydrogen-bond acceptors (Lipinski definition) is 1. The van der Waals surface area contributed by atoms with Gasteiger partial charge in [0.15, 0.2) is 0 Å². The predicted octanol–water partition coefficient (Wildman–Crippen LogP) is 3.53. The maximum absolute atomic E-state index is 13.7. The summed E-state index contributed by atoms with van der Waals surface area (Å²) < 4.78 is 26.6. The van der Waals surface area contributed by atoms with Crippen LogP contribution < -0.4 is 0 Å². The Kier molecular flexibility index (Phi) is 2.63. The highest BCUT2D eigenvalue weighted by Gasteiger charge is 2.32. The lowest BCUT2D eigenvalue weighted by Crippen LogP contribution is -1.96. The zero-order valence-corrected chi connectivity index (χ0v) is 9.61. The summed E-state index contributed by atoms with van der Waals surface area (Å²) in [6.07, 6.45) is -0.335. The highest BCUT2D eigenvalue weighted by Crippen LogP contribution is 2.44. The molecule has 0 heterocycles. The molecule has 1 N–H and O–H groups in total. The minimum atomic E-state index is -0.781. The van der Waals surface area contributed by atoms with Crippen LogP contribution in [0, 0.1) is 11.6 Å². The van der Waals surface area contributed by atoms with E-state index >= 15 is 0 Å². The average Bonchev–Trinajstić information content (AvgIpc) is 2.69. The summed E-state index contributed by atoms with van der Waals surface area (Å²) in [5.74, 6) is -0.729. The van der Waals surface area contributed by atoms with Gasteiger partial charge in [0.2, 0.25) is 0 Å². The van der Waals surface area contributed by atoms with E-state index in [0.717, 1.165) is 11.1 Å². The number of hydrogen-bond donors (Lipinski definition) is 1. The molecule has 3 heteroatoms. The number of fused-ring (bicyclic) bond motifs is 1. The van der Waals surface area contributed by atoms with Gasteiger partial charge in [0.05, 0.1) is 6.10 Å². The fraction of sp³-hybridized carbons (Fsp3) is 0.200. The van der Waals surface area contributed by atoms with E-state index in [1.54, 1.807) is 18.2 Å². The minimum absolute atomic E-state index is 0.0636. The van der Waals surface area contributed by atoms with Gasteiger partial charge in [-0.1, -0.05) is 24.3 Å². The van der Waals surface area contributed by atoms with Crippen molar-refractivity contribution in [1.29, 1.82) is 0 Å². The summed E-state index contributed by atoms with van der Waals surface area (Å²) in [6, 6.07) is 11.0. The maximum atomic E-state index is 13.7. The van der Waals surface area contributed by atoms with Crippen LogP contribution in [0.2, 0.25) is 0 Å². The molecule has 0 saturated carbocycles. The Hall–Kier alpha value is -1.74. The zero-order valence-electron chi connectivity index (χ0n) is 9.61. The third kappa shape index (κ3) is 1.71. The highest BCUT2D eigenvalue weighted by molar-refractivity contribution is 5.44. The second kappa shape index (κ2) is 4.18. The Bertz CT molecular complexity index is 578. The number of aliphatic hydroxyl groups excluding tert-OH is 1. The first-order valence-electron chi connectivity index (χ1n) is 5.88. The summed E-state index contributed by atoms with van der Waals surface area (Å²) >= 11 is 0. The van der Waals surface area contributed by atoms with E-state index in [9.17, 15) is 13.9 Å². The van der Waals surface area contributed by atoms with Gasteiger partial charge >= 0.3 is 0 Å². The van der Waals surface area contributed by atoms with E-state index in [1.165, 1.54) is 18.2 Å². The van der Waals surface area contributed by atoms with Gasteiger partial charge in [-0.2, -0.15) is 0 Å². The molecule has 3 rings (SSSR count). The molecule has 0 spiro atoms. The van der Waals surface area contributed by atoms with E-state index in [0.29, 0.717) is 12.0 Å². The van der Waals surface area contributed by atoms with Crippen LogP contribution in [0.3, 0.4) is 0 Å². The molecule has 18 heavy (non-hydrogen) atoms. The van der Waals surface area contributed by atoms with Crippen molar-refractivity contribution in [3.63, 3.8) is 0 Å². The lowest BCUT2D eigenvalue weighted by Gasteiger charge is -2.11. The normalized spacial score (nSPS) is 21.9. The van der Waals surface area contributed by atoms with Gasteiger partial charge < -0.3 is 5.11 Å². The summed E-state index contributed by atoms with van der Waals surface area (Å²) in [5, 5.41) is 9.93. The zero-order chi connectivity index (χ0) is 12.7. The third-order valence-electron chi connectivity index (χ3n) is 3.53. The van der Waals surface area contributed by atoms with Crippen LogP contribution in [-0.2, 0) is 0 Å². The molecule has 1 aliphatic rings. The van der Waals surface area contributed by atoms with Crippen molar-refractivity contribution in [3.8, 4) is 0 Å². The smallest absolute Gasteiger partial charge is 0.129 e. The molecule has 0 bridgehead atoms. The van der Waals surface area contributed by atoms with Gasteiger partial charge in [-0.3, -0.25) is 0 Å². The monoisotopic (exact) mass is 246 g/mol. The molecule has 0 amide bonds. The number of aliphatic hydroxyl groups is 1. The van der Waals surface area contributed by atoms with Crippen LogP contribution in [0.25, 0.3) is 0 Å². The summed E-state index contributed by atoms with van der Waals surface area (Å²) in [7, 11) is 0. The first-order chi connectivity index (χ1) is 8.66. The van der Waals surface area contributed by atoms with Crippen LogP contribution >= 0.6 is 0 Å². The van der Waals surface area contributed by atoms with E-state index in [2.05, 4.69) is 0 Å². The van der Waals surface area contributed by atoms with E-state index in [4.69, 9.17) is 0 Å². The Labute approximate surface area is 104 Å². The second-order valence-corrected chi connectivity index (χ2v) is 4.60. The summed E-state index contributed by atoms with van der Waals surface area (Å²) in [4.78, 5) is 0. The first kappa shape index (κ1) is 11.4. The third-order valence-corrected chi connectivity index (χ3v) is 3.53. The highest BCUT2D eigenvalue weighted by atomic mass is 19.1. The van der Waals surface area contributed by atoms with Crippen LogP contribution in [0.4, 0.5) is 8.78 Å². The minimum Gasteiger partial charge on any atom is -0.388 e. The molecular formula is C15H12F2O. The van der Waals surface area contributed by atoms with Crippen LogP contribution in [-0.4, -0.2) is 5.11 Å². The van der Waals surface area contributed by atoms with Crippen molar-refractivity contribution in [2.75, 3.05) is 0 Å². The topological polar surface area (TPSA) is 20.2 Å². The van der Waals surface area contributed by atoms with Crippen molar-refractivity contribution in [2.24, 2.45) is 0 Å². The molecule has 0 radical (unpaired) electrons. The van der Waals surface area contributed by atoms with Crippen molar-refractivity contribution >= 4 is 0 Å². The molecule has 0 aromatic heterocycles. The van der Waals surface area contributed by atoms with Crippen LogP contribution in [0.15, 0.2) is 42.5 Å². The molecule has 2 aromatic carbocycles. The fourth-order valence-electron chi connectivity index (χ4n) is 2.69. The first-order valence-corrected chi connectivity index (χ1v) is 5.88. The molecule has 0 saturated heterocycles. The SMILES string of the molecule is O[C@@H]1C[C@H](c2ccc(F)cc2)c2cccc(F)c21. The number of benzene rings is 2.